The Morgan fingerprint density at radius 3 is 2.81 bits per heavy atom. The number of nitrogens with zero attached hydrogens (tertiary/aromatic N) is 1. The minimum absolute atomic E-state index is 0.0730. The van der Waals surface area contributed by atoms with Gasteiger partial charge in [0.15, 0.2) is 0 Å². The number of nitro benzene ring substituents is 1. The van der Waals surface area contributed by atoms with E-state index in [-0.39, 0.29) is 21.5 Å². The molecule has 0 aromatic heterocycles. The van der Waals surface area contributed by atoms with Crippen molar-refractivity contribution in [2.24, 2.45) is 0 Å². The van der Waals surface area contributed by atoms with Crippen LogP contribution in [0, 0.1) is 19.5 Å². The number of nitrogens with one attached hydrogen (secondary N) is 1. The third-order valence-corrected chi connectivity index (χ3v) is 2.65. The molecule has 1 aromatic carbocycles. The molecule has 0 fully saturated rings. The lowest BCUT2D eigenvalue weighted by Crippen LogP contribution is -2.16. The summed E-state index contributed by atoms with van der Waals surface area (Å²) < 4.78 is 13.4. The summed E-state index contributed by atoms with van der Waals surface area (Å²) in [6.45, 7) is 1.66. The zero-order chi connectivity index (χ0) is 12.3. The van der Waals surface area contributed by atoms with Crippen molar-refractivity contribution in [3.63, 3.8) is 0 Å². The van der Waals surface area contributed by atoms with E-state index >= 15 is 0 Å². The molecule has 2 N–H and O–H groups in total. The van der Waals surface area contributed by atoms with E-state index in [1.54, 1.807) is 22.6 Å². The Kier molecular flexibility index (Phi) is 4.42. The normalized spacial score (nSPS) is 12.2. The molecule has 0 bridgehead atoms. The van der Waals surface area contributed by atoms with Crippen LogP contribution in [0.4, 0.5) is 15.8 Å². The van der Waals surface area contributed by atoms with Crippen LogP contribution in [0.2, 0.25) is 0 Å². The highest BCUT2D eigenvalue weighted by Crippen LogP contribution is 2.28. The molecular weight excluding hydrogens is 330 g/mol. The maximum absolute atomic E-state index is 13.2. The predicted molar refractivity (Wildman–Crippen MR) is 65.9 cm³/mol. The molecule has 0 amide bonds. The molecule has 5 nitrogen and oxygen atoms in total. The fourth-order valence-electron chi connectivity index (χ4n) is 1.09. The van der Waals surface area contributed by atoms with Crippen LogP contribution in [0.5, 0.6) is 0 Å². The summed E-state index contributed by atoms with van der Waals surface area (Å²) in [5.41, 5.74) is -0.129. The molecule has 0 saturated carbocycles. The average molecular weight is 340 g/mol. The second-order valence-electron chi connectivity index (χ2n) is 3.27. The van der Waals surface area contributed by atoms with Gasteiger partial charge in [-0.3, -0.25) is 10.1 Å². The highest BCUT2D eigenvalue weighted by atomic mass is 127. The van der Waals surface area contributed by atoms with Gasteiger partial charge in [0.05, 0.1) is 14.6 Å². The lowest BCUT2D eigenvalue weighted by atomic mass is 10.2. The summed E-state index contributed by atoms with van der Waals surface area (Å²) >= 11 is 1.69. The van der Waals surface area contributed by atoms with E-state index in [1.165, 1.54) is 6.92 Å². The number of anilines is 1. The van der Waals surface area contributed by atoms with Gasteiger partial charge < -0.3 is 10.4 Å². The predicted octanol–water partition coefficient (Wildman–Crippen LogP) is 2.13. The van der Waals surface area contributed by atoms with Crippen molar-refractivity contribution >= 4 is 34.0 Å². The van der Waals surface area contributed by atoms with E-state index in [0.29, 0.717) is 0 Å². The zero-order valence-electron chi connectivity index (χ0n) is 8.41. The van der Waals surface area contributed by atoms with E-state index < -0.39 is 16.8 Å². The summed E-state index contributed by atoms with van der Waals surface area (Å²) in [4.78, 5) is 10.1. The Balaban J connectivity index is 3.05. The van der Waals surface area contributed by atoms with Crippen LogP contribution in [0.1, 0.15) is 6.92 Å². The number of nitro groups is 1. The molecule has 0 aliphatic carbocycles. The zero-order valence-corrected chi connectivity index (χ0v) is 10.6. The molecule has 0 heterocycles. The first kappa shape index (κ1) is 13.1. The van der Waals surface area contributed by atoms with E-state index in [1.807, 2.05) is 0 Å². The molecule has 16 heavy (non-hydrogen) atoms. The van der Waals surface area contributed by atoms with Crippen LogP contribution in [-0.4, -0.2) is 22.7 Å². The molecule has 1 rings (SSSR count). The van der Waals surface area contributed by atoms with Gasteiger partial charge in [-0.2, -0.15) is 0 Å². The molecular formula is C9H10FIN2O3. The monoisotopic (exact) mass is 340 g/mol. The van der Waals surface area contributed by atoms with Crippen molar-refractivity contribution in [2.75, 3.05) is 11.9 Å². The second kappa shape index (κ2) is 5.39. The number of aliphatic hydroxyl groups is 1. The number of hydrogen-bond acceptors (Lipinski definition) is 4. The summed E-state index contributed by atoms with van der Waals surface area (Å²) in [6, 6.07) is 2.21. The van der Waals surface area contributed by atoms with Gasteiger partial charge in [-0.05, 0) is 29.5 Å². The van der Waals surface area contributed by atoms with Gasteiger partial charge >= 0.3 is 0 Å². The molecule has 7 heteroatoms. The first-order valence-electron chi connectivity index (χ1n) is 4.47. The molecule has 0 radical (unpaired) electrons. The van der Waals surface area contributed by atoms with Crippen LogP contribution < -0.4 is 5.32 Å². The maximum atomic E-state index is 13.2. The van der Waals surface area contributed by atoms with Gasteiger partial charge in [-0.25, -0.2) is 4.39 Å². The second-order valence-corrected chi connectivity index (χ2v) is 4.43. The van der Waals surface area contributed by atoms with Crippen LogP contribution in [0.3, 0.4) is 0 Å². The summed E-state index contributed by atoms with van der Waals surface area (Å²) in [5, 5.41) is 22.4. The van der Waals surface area contributed by atoms with Gasteiger partial charge in [0.25, 0.3) is 5.69 Å². The minimum Gasteiger partial charge on any atom is -0.392 e. The molecule has 0 saturated heterocycles. The highest BCUT2D eigenvalue weighted by Gasteiger charge is 2.17. The summed E-state index contributed by atoms with van der Waals surface area (Å²) in [7, 11) is 0. The maximum Gasteiger partial charge on any atom is 0.293 e. The van der Waals surface area contributed by atoms with Crippen LogP contribution in [0.25, 0.3) is 0 Å². The Bertz CT molecular complexity index is 412. The van der Waals surface area contributed by atoms with Gasteiger partial charge in [-0.1, -0.05) is 0 Å². The molecule has 1 aromatic rings. The smallest absolute Gasteiger partial charge is 0.293 e. The van der Waals surface area contributed by atoms with Crippen molar-refractivity contribution in [3.05, 3.63) is 31.6 Å². The Hall–Kier alpha value is -0.960. The minimum atomic E-state index is -0.665. The van der Waals surface area contributed by atoms with Crippen LogP contribution in [0.15, 0.2) is 12.1 Å². The van der Waals surface area contributed by atoms with E-state index in [0.717, 1.165) is 12.1 Å². The van der Waals surface area contributed by atoms with Crippen molar-refractivity contribution in [1.82, 2.24) is 0 Å². The molecule has 0 spiro atoms. The SMILES string of the molecule is CC(O)CNc1cc(F)c(I)cc1[N+](=O)[O-]. The van der Waals surface area contributed by atoms with Crippen molar-refractivity contribution in [3.8, 4) is 0 Å². The fourth-order valence-corrected chi connectivity index (χ4v) is 1.54. The summed E-state index contributed by atoms with van der Waals surface area (Å²) in [5.74, 6) is -0.528. The van der Waals surface area contributed by atoms with E-state index in [4.69, 9.17) is 5.11 Å². The first-order valence-corrected chi connectivity index (χ1v) is 5.55. The molecule has 1 atom stereocenters. The van der Waals surface area contributed by atoms with Crippen molar-refractivity contribution in [2.45, 2.75) is 13.0 Å². The average Bonchev–Trinajstić information content (AvgIpc) is 2.18. The lowest BCUT2D eigenvalue weighted by molar-refractivity contribution is -0.384. The quantitative estimate of drug-likeness (QED) is 0.500. The van der Waals surface area contributed by atoms with Gasteiger partial charge in [0, 0.05) is 18.7 Å². The lowest BCUT2D eigenvalue weighted by Gasteiger charge is -2.09. The van der Waals surface area contributed by atoms with Gasteiger partial charge in [0.2, 0.25) is 0 Å². The number of hydrogen-bond donors (Lipinski definition) is 2. The number of rotatable bonds is 4. The third kappa shape index (κ3) is 3.27. The van der Waals surface area contributed by atoms with Gasteiger partial charge in [-0.15, -0.1) is 0 Å². The molecule has 0 aliphatic heterocycles. The van der Waals surface area contributed by atoms with Crippen molar-refractivity contribution < 1.29 is 14.4 Å². The third-order valence-electron chi connectivity index (χ3n) is 1.82. The number of benzene rings is 1. The molecule has 0 aliphatic rings. The highest BCUT2D eigenvalue weighted by molar-refractivity contribution is 14.1. The fraction of sp³-hybridized carbons (Fsp3) is 0.333. The summed E-state index contributed by atoms with van der Waals surface area (Å²) in [6.07, 6.45) is -0.665. The largest absolute Gasteiger partial charge is 0.392 e. The van der Waals surface area contributed by atoms with E-state index in [9.17, 15) is 14.5 Å². The van der Waals surface area contributed by atoms with E-state index in [2.05, 4.69) is 5.32 Å². The Labute approximate surface area is 105 Å². The van der Waals surface area contributed by atoms with Crippen molar-refractivity contribution in [1.29, 1.82) is 0 Å². The number of halogens is 2. The molecule has 88 valence electrons. The molecule has 1 unspecified atom stereocenters. The van der Waals surface area contributed by atoms with Crippen LogP contribution in [-0.2, 0) is 0 Å². The first-order chi connectivity index (χ1) is 7.41. The Morgan fingerprint density at radius 2 is 2.31 bits per heavy atom. The number of aliphatic hydroxyl groups excluding tert-OH is 1. The van der Waals surface area contributed by atoms with Crippen LogP contribution >= 0.6 is 22.6 Å². The topological polar surface area (TPSA) is 75.4 Å². The standard InChI is InChI=1S/C9H10FIN2O3/c1-5(14)4-12-8-2-6(10)7(11)3-9(8)13(15)16/h2-3,5,12,14H,4H2,1H3. The van der Waals surface area contributed by atoms with Gasteiger partial charge in [0.1, 0.15) is 11.5 Å². The Morgan fingerprint density at radius 1 is 1.69 bits per heavy atom.